The Morgan fingerprint density at radius 2 is 1.81 bits per heavy atom. The molecule has 0 aliphatic carbocycles. The molecule has 0 atom stereocenters. The van der Waals surface area contributed by atoms with Gasteiger partial charge in [-0.3, -0.25) is 10.00 Å². The smallest absolute Gasteiger partial charge is 0.217 e. The summed E-state index contributed by atoms with van der Waals surface area (Å²) in [5.41, 5.74) is 2.14. The number of nitrogens with zero attached hydrogens (tertiary/aromatic N) is 3. The lowest BCUT2D eigenvalue weighted by Crippen LogP contribution is -2.22. The molecule has 0 fully saturated rings. The SMILES string of the molecule is COc1ccc(-c2nc(=S)n(CN(C)Cc3cccc(OC)c3)[nH]2)cc1. The number of nitrogens with one attached hydrogen (secondary N) is 1. The highest BCUT2D eigenvalue weighted by molar-refractivity contribution is 7.71. The Morgan fingerprint density at radius 3 is 2.50 bits per heavy atom. The van der Waals surface area contributed by atoms with Crippen LogP contribution in [0.5, 0.6) is 11.5 Å². The van der Waals surface area contributed by atoms with Gasteiger partial charge in [-0.05, 0) is 61.2 Å². The monoisotopic (exact) mass is 370 g/mol. The fraction of sp³-hybridized carbons (Fsp3) is 0.263. The first-order valence-corrected chi connectivity index (χ1v) is 8.62. The molecule has 0 saturated carbocycles. The quantitative estimate of drug-likeness (QED) is 0.643. The molecule has 136 valence electrons. The van der Waals surface area contributed by atoms with E-state index in [2.05, 4.69) is 21.0 Å². The zero-order chi connectivity index (χ0) is 18.5. The van der Waals surface area contributed by atoms with E-state index in [1.165, 1.54) is 5.56 Å². The lowest BCUT2D eigenvalue weighted by atomic mass is 10.2. The minimum Gasteiger partial charge on any atom is -0.497 e. The first kappa shape index (κ1) is 18.2. The average Bonchev–Trinajstić information content (AvgIpc) is 3.02. The number of hydrogen-bond donors (Lipinski definition) is 1. The third-order valence-corrected chi connectivity index (χ3v) is 4.32. The van der Waals surface area contributed by atoms with E-state index in [1.54, 1.807) is 14.2 Å². The van der Waals surface area contributed by atoms with Gasteiger partial charge in [0, 0.05) is 12.1 Å². The molecular formula is C19H22N4O2S. The highest BCUT2D eigenvalue weighted by Gasteiger charge is 2.08. The number of methoxy groups -OCH3 is 2. The van der Waals surface area contributed by atoms with Crippen LogP contribution in [0.3, 0.4) is 0 Å². The zero-order valence-electron chi connectivity index (χ0n) is 15.1. The number of aromatic nitrogens is 3. The van der Waals surface area contributed by atoms with Gasteiger partial charge in [0.25, 0.3) is 0 Å². The van der Waals surface area contributed by atoms with Gasteiger partial charge >= 0.3 is 0 Å². The Hall–Kier alpha value is -2.64. The summed E-state index contributed by atoms with van der Waals surface area (Å²) in [6, 6.07) is 15.8. The van der Waals surface area contributed by atoms with Crippen molar-refractivity contribution in [2.45, 2.75) is 13.2 Å². The zero-order valence-corrected chi connectivity index (χ0v) is 15.9. The topological polar surface area (TPSA) is 55.3 Å². The predicted molar refractivity (Wildman–Crippen MR) is 104 cm³/mol. The second-order valence-electron chi connectivity index (χ2n) is 6.02. The van der Waals surface area contributed by atoms with E-state index in [-0.39, 0.29) is 0 Å². The maximum Gasteiger partial charge on any atom is 0.217 e. The number of hydrogen-bond acceptors (Lipinski definition) is 5. The van der Waals surface area contributed by atoms with Crippen molar-refractivity contribution in [3.05, 3.63) is 58.9 Å². The van der Waals surface area contributed by atoms with E-state index in [0.29, 0.717) is 11.4 Å². The molecule has 0 aliphatic rings. The predicted octanol–water partition coefficient (Wildman–Crippen LogP) is 3.71. The number of rotatable bonds is 7. The van der Waals surface area contributed by atoms with Crippen LogP contribution in [-0.4, -0.2) is 40.9 Å². The standard InChI is InChI=1S/C19H22N4O2S/c1-22(12-14-5-4-6-17(11-14)25-3)13-23-19(26)20-18(21-23)15-7-9-16(24-2)10-8-15/h4-11H,12-13H2,1-3H3,(H,20,21,26). The molecule has 0 unspecified atom stereocenters. The maximum atomic E-state index is 5.39. The molecule has 1 aromatic heterocycles. The molecule has 1 N–H and O–H groups in total. The third-order valence-electron chi connectivity index (χ3n) is 4.01. The fourth-order valence-corrected chi connectivity index (χ4v) is 2.90. The van der Waals surface area contributed by atoms with Crippen LogP contribution in [0.2, 0.25) is 0 Å². The van der Waals surface area contributed by atoms with Crippen molar-refractivity contribution < 1.29 is 9.47 Å². The van der Waals surface area contributed by atoms with Gasteiger partial charge in [-0.25, -0.2) is 4.68 Å². The lowest BCUT2D eigenvalue weighted by molar-refractivity contribution is 0.244. The second-order valence-corrected chi connectivity index (χ2v) is 6.38. The van der Waals surface area contributed by atoms with Gasteiger partial charge in [0.2, 0.25) is 4.77 Å². The van der Waals surface area contributed by atoms with Crippen LogP contribution in [0.4, 0.5) is 0 Å². The molecule has 3 rings (SSSR count). The molecule has 0 radical (unpaired) electrons. The van der Waals surface area contributed by atoms with Gasteiger partial charge in [-0.2, -0.15) is 4.98 Å². The molecule has 0 spiro atoms. The van der Waals surface area contributed by atoms with Crippen LogP contribution in [0.15, 0.2) is 48.5 Å². The fourth-order valence-electron chi connectivity index (χ4n) is 2.70. The lowest BCUT2D eigenvalue weighted by Gasteiger charge is -2.17. The van der Waals surface area contributed by atoms with Crippen LogP contribution in [-0.2, 0) is 13.2 Å². The van der Waals surface area contributed by atoms with Crippen molar-refractivity contribution >= 4 is 12.2 Å². The third kappa shape index (κ3) is 4.30. The van der Waals surface area contributed by atoms with Crippen molar-refractivity contribution in [1.29, 1.82) is 0 Å². The van der Waals surface area contributed by atoms with Crippen LogP contribution in [0.1, 0.15) is 5.56 Å². The van der Waals surface area contributed by atoms with Gasteiger partial charge in [0.05, 0.1) is 20.9 Å². The van der Waals surface area contributed by atoms with Crippen LogP contribution in [0, 0.1) is 4.77 Å². The molecule has 3 aromatic rings. The molecule has 0 amide bonds. The van der Waals surface area contributed by atoms with Crippen molar-refractivity contribution in [1.82, 2.24) is 19.7 Å². The number of ether oxygens (including phenoxy) is 2. The molecule has 7 heteroatoms. The average molecular weight is 370 g/mol. The Kier molecular flexibility index (Phi) is 5.70. The largest absolute Gasteiger partial charge is 0.497 e. The van der Waals surface area contributed by atoms with Crippen molar-refractivity contribution in [2.24, 2.45) is 0 Å². The Labute approximate surface area is 158 Å². The summed E-state index contributed by atoms with van der Waals surface area (Å²) in [4.78, 5) is 6.61. The van der Waals surface area contributed by atoms with Gasteiger partial charge in [-0.15, -0.1) is 0 Å². The molecule has 0 saturated heterocycles. The van der Waals surface area contributed by atoms with E-state index in [4.69, 9.17) is 21.7 Å². The van der Waals surface area contributed by atoms with Crippen molar-refractivity contribution in [2.75, 3.05) is 21.3 Å². The summed E-state index contributed by atoms with van der Waals surface area (Å²) in [6.45, 7) is 1.38. The van der Waals surface area contributed by atoms with Gasteiger partial charge < -0.3 is 9.47 Å². The minimum atomic E-state index is 0.522. The van der Waals surface area contributed by atoms with Gasteiger partial charge in [0.1, 0.15) is 11.5 Å². The summed E-state index contributed by atoms with van der Waals surface area (Å²) in [7, 11) is 5.36. The normalized spacial score (nSPS) is 10.9. The van der Waals surface area contributed by atoms with E-state index in [1.807, 2.05) is 54.2 Å². The first-order chi connectivity index (χ1) is 12.6. The summed E-state index contributed by atoms with van der Waals surface area (Å²) < 4.78 is 12.8. The highest BCUT2D eigenvalue weighted by atomic mass is 32.1. The Balaban J connectivity index is 1.71. The summed E-state index contributed by atoms with van der Waals surface area (Å²) >= 11 is 5.39. The summed E-state index contributed by atoms with van der Waals surface area (Å²) in [6.07, 6.45) is 0. The van der Waals surface area contributed by atoms with Gasteiger partial charge in [0.15, 0.2) is 5.82 Å². The maximum absolute atomic E-state index is 5.39. The van der Waals surface area contributed by atoms with Crippen molar-refractivity contribution in [3.63, 3.8) is 0 Å². The molecule has 6 nitrogen and oxygen atoms in total. The second kappa shape index (κ2) is 8.16. The van der Waals surface area contributed by atoms with E-state index < -0.39 is 0 Å². The van der Waals surface area contributed by atoms with E-state index in [0.717, 1.165) is 29.4 Å². The van der Waals surface area contributed by atoms with Gasteiger partial charge in [-0.1, -0.05) is 12.1 Å². The summed E-state index contributed by atoms with van der Waals surface area (Å²) in [5, 5.41) is 3.27. The van der Waals surface area contributed by atoms with Crippen molar-refractivity contribution in [3.8, 4) is 22.9 Å². The number of benzene rings is 2. The van der Waals surface area contributed by atoms with Crippen LogP contribution in [0.25, 0.3) is 11.4 Å². The highest BCUT2D eigenvalue weighted by Crippen LogP contribution is 2.19. The summed E-state index contributed by atoms with van der Waals surface area (Å²) in [5.74, 6) is 2.41. The Morgan fingerprint density at radius 1 is 1.08 bits per heavy atom. The molecular weight excluding hydrogens is 348 g/mol. The number of aromatic amines is 1. The first-order valence-electron chi connectivity index (χ1n) is 8.22. The van der Waals surface area contributed by atoms with E-state index >= 15 is 0 Å². The van der Waals surface area contributed by atoms with Crippen LogP contribution < -0.4 is 9.47 Å². The molecule has 1 heterocycles. The molecule has 26 heavy (non-hydrogen) atoms. The van der Waals surface area contributed by atoms with Crippen LogP contribution >= 0.6 is 12.2 Å². The van der Waals surface area contributed by atoms with E-state index in [9.17, 15) is 0 Å². The minimum absolute atomic E-state index is 0.522. The molecule has 0 aliphatic heterocycles. The molecule has 0 bridgehead atoms. The number of H-pyrrole nitrogens is 1. The molecule has 2 aromatic carbocycles. The Bertz CT molecular complexity index is 918.